The van der Waals surface area contributed by atoms with Gasteiger partial charge in [-0.25, -0.2) is 8.42 Å². The quantitative estimate of drug-likeness (QED) is 0.533. The van der Waals surface area contributed by atoms with E-state index in [1.807, 2.05) is 17.2 Å². The number of aryl methyl sites for hydroxylation is 2. The van der Waals surface area contributed by atoms with Crippen molar-refractivity contribution in [1.82, 2.24) is 14.2 Å². The number of aromatic nitrogens is 1. The van der Waals surface area contributed by atoms with Gasteiger partial charge in [0, 0.05) is 38.1 Å². The Morgan fingerprint density at radius 2 is 1.81 bits per heavy atom. The van der Waals surface area contributed by atoms with Crippen molar-refractivity contribution in [1.29, 1.82) is 0 Å². The number of sulfonamides is 1. The summed E-state index contributed by atoms with van der Waals surface area (Å²) in [4.78, 5) is 19.2. The van der Waals surface area contributed by atoms with Crippen LogP contribution in [-0.2, 0) is 19.6 Å². The Hall–Kier alpha value is -2.49. The molecule has 1 atom stereocenters. The maximum absolute atomic E-state index is 13.7. The van der Waals surface area contributed by atoms with Crippen LogP contribution in [0.1, 0.15) is 54.7 Å². The van der Waals surface area contributed by atoms with Gasteiger partial charge in [-0.2, -0.15) is 4.31 Å². The fraction of sp³-hybridized carbons (Fsp3) is 0.556. The number of pyridine rings is 1. The summed E-state index contributed by atoms with van der Waals surface area (Å²) >= 11 is 0. The van der Waals surface area contributed by atoms with Crippen molar-refractivity contribution in [3.63, 3.8) is 0 Å². The van der Waals surface area contributed by atoms with E-state index in [-0.39, 0.29) is 25.2 Å². The molecule has 0 spiro atoms. The molecule has 1 unspecified atom stereocenters. The molecular weight excluding hydrogens is 478 g/mol. The zero-order chi connectivity index (χ0) is 25.7. The molecule has 0 aliphatic carbocycles. The molecule has 2 aliphatic rings. The van der Waals surface area contributed by atoms with Gasteiger partial charge in [0.1, 0.15) is 12.4 Å². The fourth-order valence-corrected chi connectivity index (χ4v) is 7.56. The summed E-state index contributed by atoms with van der Waals surface area (Å²) in [5.41, 5.74) is 2.56. The number of likely N-dealkylation sites (tertiary alicyclic amines) is 1. The molecular formula is C27H37N3O5S. The van der Waals surface area contributed by atoms with Gasteiger partial charge in [0.05, 0.1) is 18.6 Å². The van der Waals surface area contributed by atoms with E-state index in [0.29, 0.717) is 47.3 Å². The Labute approximate surface area is 214 Å². The van der Waals surface area contributed by atoms with Gasteiger partial charge >= 0.3 is 0 Å². The van der Waals surface area contributed by atoms with Crippen LogP contribution in [0.25, 0.3) is 0 Å². The van der Waals surface area contributed by atoms with Gasteiger partial charge in [-0.15, -0.1) is 0 Å². The van der Waals surface area contributed by atoms with Gasteiger partial charge in [-0.1, -0.05) is 12.5 Å². The molecule has 2 aromatic rings. The molecule has 196 valence electrons. The van der Waals surface area contributed by atoms with Crippen molar-refractivity contribution in [2.75, 3.05) is 40.0 Å². The molecule has 2 saturated heterocycles. The van der Waals surface area contributed by atoms with E-state index in [9.17, 15) is 13.2 Å². The van der Waals surface area contributed by atoms with Crippen molar-refractivity contribution >= 4 is 15.9 Å². The van der Waals surface area contributed by atoms with E-state index < -0.39 is 10.0 Å². The highest BCUT2D eigenvalue weighted by molar-refractivity contribution is 7.89. The number of amides is 1. The molecule has 4 rings (SSSR count). The Balaban J connectivity index is 1.34. The summed E-state index contributed by atoms with van der Waals surface area (Å²) in [7, 11) is -2.13. The zero-order valence-electron chi connectivity index (χ0n) is 21.5. The highest BCUT2D eigenvalue weighted by atomic mass is 32.2. The van der Waals surface area contributed by atoms with Crippen LogP contribution in [0.3, 0.4) is 0 Å². The molecule has 9 heteroatoms. The number of benzene rings is 1. The number of nitrogens with zero attached hydrogens (tertiary/aromatic N) is 3. The van der Waals surface area contributed by atoms with E-state index in [2.05, 4.69) is 11.1 Å². The zero-order valence-corrected chi connectivity index (χ0v) is 22.3. The van der Waals surface area contributed by atoms with Crippen LogP contribution in [0.4, 0.5) is 0 Å². The number of carbonyl (C=O) groups excluding carboxylic acids is 1. The Morgan fingerprint density at radius 1 is 1.08 bits per heavy atom. The standard InChI is InChI=1S/C27H37N3O5S/c1-20-15-25(34-3)16-21(2)27(20)36(32,33)30-12-5-4-8-24(30)18-35-19-26(31)29-13-9-22(10-14-29)23-7-6-11-28-17-23/h6-7,11,15-17,22,24H,4-5,8-10,12-14,18-19H2,1-3H3. The van der Waals surface area contributed by atoms with E-state index >= 15 is 0 Å². The second-order valence-electron chi connectivity index (χ2n) is 9.81. The first-order chi connectivity index (χ1) is 17.3. The molecule has 0 bridgehead atoms. The fourth-order valence-electron chi connectivity index (χ4n) is 5.46. The summed E-state index contributed by atoms with van der Waals surface area (Å²) in [6.45, 7) is 5.64. The van der Waals surface area contributed by atoms with Crippen molar-refractivity contribution in [3.05, 3.63) is 53.3 Å². The Morgan fingerprint density at radius 3 is 2.44 bits per heavy atom. The average molecular weight is 516 g/mol. The SMILES string of the molecule is COc1cc(C)c(S(=O)(=O)N2CCCCC2COCC(=O)N2CCC(c3cccnc3)CC2)c(C)c1. The lowest BCUT2D eigenvalue weighted by Crippen LogP contribution is -2.47. The summed E-state index contributed by atoms with van der Waals surface area (Å²) in [5.74, 6) is 1.03. The number of ether oxygens (including phenoxy) is 2. The minimum atomic E-state index is -3.70. The van der Waals surface area contributed by atoms with Crippen LogP contribution in [0.5, 0.6) is 5.75 Å². The molecule has 36 heavy (non-hydrogen) atoms. The lowest BCUT2D eigenvalue weighted by molar-refractivity contribution is -0.137. The van der Waals surface area contributed by atoms with Gasteiger partial charge < -0.3 is 14.4 Å². The highest BCUT2D eigenvalue weighted by Crippen LogP contribution is 2.32. The lowest BCUT2D eigenvalue weighted by Gasteiger charge is -2.35. The molecule has 1 aromatic heterocycles. The molecule has 8 nitrogen and oxygen atoms in total. The first-order valence-electron chi connectivity index (χ1n) is 12.7. The second kappa shape index (κ2) is 11.7. The van der Waals surface area contributed by atoms with Crippen LogP contribution in [0, 0.1) is 13.8 Å². The monoisotopic (exact) mass is 515 g/mol. The molecule has 3 heterocycles. The lowest BCUT2D eigenvalue weighted by atomic mass is 9.90. The van der Waals surface area contributed by atoms with Gasteiger partial charge in [-0.05, 0) is 80.3 Å². The maximum atomic E-state index is 13.7. The van der Waals surface area contributed by atoms with Crippen LogP contribution < -0.4 is 4.74 Å². The van der Waals surface area contributed by atoms with Crippen LogP contribution in [-0.4, -0.2) is 74.5 Å². The topological polar surface area (TPSA) is 89.0 Å². The predicted molar refractivity (Wildman–Crippen MR) is 138 cm³/mol. The van der Waals surface area contributed by atoms with Crippen molar-refractivity contribution in [2.45, 2.75) is 62.8 Å². The average Bonchev–Trinajstić information content (AvgIpc) is 2.89. The molecule has 2 fully saturated rings. The second-order valence-corrected chi connectivity index (χ2v) is 11.6. The van der Waals surface area contributed by atoms with Crippen molar-refractivity contribution in [2.24, 2.45) is 0 Å². The molecule has 1 amide bonds. The van der Waals surface area contributed by atoms with Gasteiger partial charge in [0.2, 0.25) is 15.9 Å². The molecule has 0 saturated carbocycles. The largest absolute Gasteiger partial charge is 0.497 e. The number of carbonyl (C=O) groups is 1. The number of piperidine rings is 2. The maximum Gasteiger partial charge on any atom is 0.248 e. The molecule has 0 radical (unpaired) electrons. The first-order valence-corrected chi connectivity index (χ1v) is 14.2. The number of hydrogen-bond donors (Lipinski definition) is 0. The van der Waals surface area contributed by atoms with Crippen molar-refractivity contribution < 1.29 is 22.7 Å². The summed E-state index contributed by atoms with van der Waals surface area (Å²) < 4.78 is 40.1. The third-order valence-corrected chi connectivity index (χ3v) is 9.61. The number of rotatable bonds is 8. The van der Waals surface area contributed by atoms with E-state index in [4.69, 9.17) is 9.47 Å². The Bertz CT molecular complexity index is 1120. The third kappa shape index (κ3) is 5.90. The van der Waals surface area contributed by atoms with E-state index in [1.54, 1.807) is 43.6 Å². The summed E-state index contributed by atoms with van der Waals surface area (Å²) in [6.07, 6.45) is 7.98. The van der Waals surface area contributed by atoms with Gasteiger partial charge in [-0.3, -0.25) is 9.78 Å². The van der Waals surface area contributed by atoms with Crippen molar-refractivity contribution in [3.8, 4) is 5.75 Å². The van der Waals surface area contributed by atoms with Gasteiger partial charge in [0.25, 0.3) is 0 Å². The highest BCUT2D eigenvalue weighted by Gasteiger charge is 2.36. The minimum absolute atomic E-state index is 0.0253. The van der Waals surface area contributed by atoms with Crippen LogP contribution in [0.2, 0.25) is 0 Å². The van der Waals surface area contributed by atoms with Gasteiger partial charge in [0.15, 0.2) is 0 Å². The molecule has 0 N–H and O–H groups in total. The molecule has 2 aliphatic heterocycles. The van der Waals surface area contributed by atoms with E-state index in [0.717, 1.165) is 32.1 Å². The molecule has 1 aromatic carbocycles. The van der Waals surface area contributed by atoms with E-state index in [1.165, 1.54) is 5.56 Å². The number of methoxy groups -OCH3 is 1. The first kappa shape index (κ1) is 26.6. The summed E-state index contributed by atoms with van der Waals surface area (Å²) in [5, 5.41) is 0. The van der Waals surface area contributed by atoms with Crippen LogP contribution in [0.15, 0.2) is 41.6 Å². The predicted octanol–water partition coefficient (Wildman–Crippen LogP) is 3.67. The Kier molecular flexibility index (Phi) is 8.64. The smallest absolute Gasteiger partial charge is 0.248 e. The third-order valence-electron chi connectivity index (χ3n) is 7.35. The number of hydrogen-bond acceptors (Lipinski definition) is 6. The normalized spacial score (nSPS) is 19.9. The van der Waals surface area contributed by atoms with Crippen LogP contribution >= 0.6 is 0 Å². The summed E-state index contributed by atoms with van der Waals surface area (Å²) in [6, 6.07) is 7.27. The minimum Gasteiger partial charge on any atom is -0.497 e.